The first-order valence-corrected chi connectivity index (χ1v) is 8.87. The zero-order valence-electron chi connectivity index (χ0n) is 15.1. The molecule has 0 aromatic heterocycles. The molecule has 0 radical (unpaired) electrons. The third-order valence-corrected chi connectivity index (χ3v) is 4.01. The van der Waals surface area contributed by atoms with Gasteiger partial charge in [0.25, 0.3) is 0 Å². The van der Waals surface area contributed by atoms with E-state index in [1.807, 2.05) is 0 Å². The van der Waals surface area contributed by atoms with E-state index in [0.717, 1.165) is 24.3 Å². The third kappa shape index (κ3) is 11.1. The lowest BCUT2D eigenvalue weighted by Crippen LogP contribution is -2.17. The second-order valence-electron chi connectivity index (χ2n) is 5.59. The zero-order valence-corrected chi connectivity index (χ0v) is 16.7. The van der Waals surface area contributed by atoms with E-state index in [1.54, 1.807) is 0 Å². The summed E-state index contributed by atoms with van der Waals surface area (Å²) in [5.74, 6) is -3.17. The van der Waals surface area contributed by atoms with Crippen LogP contribution in [0.25, 0.3) is 0 Å². The van der Waals surface area contributed by atoms with Crippen molar-refractivity contribution in [2.75, 3.05) is 0 Å². The van der Waals surface area contributed by atoms with Crippen LogP contribution in [0.4, 0.5) is 26.3 Å². The van der Waals surface area contributed by atoms with Crippen molar-refractivity contribution in [1.82, 2.24) is 0 Å². The molecule has 2 rings (SSSR count). The van der Waals surface area contributed by atoms with Crippen molar-refractivity contribution < 1.29 is 55.6 Å². The Morgan fingerprint density at radius 3 is 1.81 bits per heavy atom. The van der Waals surface area contributed by atoms with E-state index in [4.69, 9.17) is 10.2 Å². The number of hydrogen-bond acceptors (Lipinski definition) is 4. The molecule has 0 bridgehead atoms. The van der Waals surface area contributed by atoms with E-state index < -0.39 is 41.0 Å². The van der Waals surface area contributed by atoms with Crippen molar-refractivity contribution in [3.05, 3.63) is 59.7 Å². The van der Waals surface area contributed by atoms with Crippen LogP contribution in [0.15, 0.2) is 48.5 Å². The monoisotopic (exact) mass is 518 g/mol. The Balaban J connectivity index is 0.000000311. The van der Waals surface area contributed by atoms with Crippen LogP contribution in [0.3, 0.4) is 0 Å². The van der Waals surface area contributed by atoms with Gasteiger partial charge in [-0.2, -0.15) is 0 Å². The Hall–Kier alpha value is -2.96. The first kappa shape index (κ1) is 26.1. The second-order valence-corrected chi connectivity index (χ2v) is 6.50. The van der Waals surface area contributed by atoms with Gasteiger partial charge in [0, 0.05) is 0 Å². The van der Waals surface area contributed by atoms with Gasteiger partial charge in [-0.05, 0) is 35.4 Å². The molecule has 31 heavy (non-hydrogen) atoms. The Kier molecular flexibility index (Phi) is 9.16. The van der Waals surface area contributed by atoms with Crippen molar-refractivity contribution >= 4 is 27.9 Å². The lowest BCUT2D eigenvalue weighted by atomic mass is 10.1. The summed E-state index contributed by atoms with van der Waals surface area (Å²) in [6.45, 7) is 0. The minimum Gasteiger partial charge on any atom is -0.481 e. The molecule has 170 valence electrons. The summed E-state index contributed by atoms with van der Waals surface area (Å²) in [5, 5.41) is 17.1. The quantitative estimate of drug-likeness (QED) is 0.397. The number of benzene rings is 2. The molecule has 13 heteroatoms. The van der Waals surface area contributed by atoms with Crippen LogP contribution >= 0.6 is 15.9 Å². The van der Waals surface area contributed by atoms with Gasteiger partial charge in [0.15, 0.2) is 0 Å². The van der Waals surface area contributed by atoms with Gasteiger partial charge in [-0.25, -0.2) is 0 Å². The van der Waals surface area contributed by atoms with Gasteiger partial charge in [-0.1, -0.05) is 40.2 Å². The maximum atomic E-state index is 11.9. The molecule has 2 aromatic carbocycles. The average molecular weight is 519 g/mol. The van der Waals surface area contributed by atoms with Crippen LogP contribution in [-0.2, 0) is 16.0 Å². The van der Waals surface area contributed by atoms with Crippen molar-refractivity contribution in [1.29, 1.82) is 0 Å². The molecule has 0 heterocycles. The molecule has 0 amide bonds. The van der Waals surface area contributed by atoms with E-state index in [9.17, 15) is 35.9 Å². The van der Waals surface area contributed by atoms with Gasteiger partial charge in [-0.15, -0.1) is 26.3 Å². The summed E-state index contributed by atoms with van der Waals surface area (Å²) >= 11 is 2.83. The number of carboxylic acid groups (broad SMARTS) is 2. The van der Waals surface area contributed by atoms with Gasteiger partial charge >= 0.3 is 24.7 Å². The number of halogens is 7. The number of carboxylic acids is 2. The molecule has 0 spiro atoms. The van der Waals surface area contributed by atoms with Gasteiger partial charge in [0.2, 0.25) is 0 Å². The highest BCUT2D eigenvalue weighted by Crippen LogP contribution is 2.29. The largest absolute Gasteiger partial charge is 0.573 e. The minimum absolute atomic E-state index is 0.175. The molecule has 0 aliphatic heterocycles. The molecule has 1 atom stereocenters. The van der Waals surface area contributed by atoms with Gasteiger partial charge in [0.05, 0.1) is 6.42 Å². The summed E-state index contributed by atoms with van der Waals surface area (Å²) in [7, 11) is 0. The minimum atomic E-state index is -4.79. The highest BCUT2D eigenvalue weighted by molar-refractivity contribution is 9.09. The Morgan fingerprint density at radius 1 is 0.871 bits per heavy atom. The van der Waals surface area contributed by atoms with Crippen molar-refractivity contribution in [3.63, 3.8) is 0 Å². The van der Waals surface area contributed by atoms with Crippen LogP contribution in [0.1, 0.15) is 16.0 Å². The Labute approximate surface area is 179 Å². The summed E-state index contributed by atoms with van der Waals surface area (Å²) in [4.78, 5) is 19.8. The van der Waals surface area contributed by atoms with Crippen molar-refractivity contribution in [3.8, 4) is 11.5 Å². The molecule has 0 saturated heterocycles. The van der Waals surface area contributed by atoms with Crippen LogP contribution < -0.4 is 9.47 Å². The first-order valence-electron chi connectivity index (χ1n) is 7.95. The lowest BCUT2D eigenvalue weighted by molar-refractivity contribution is -0.275. The number of carbonyl (C=O) groups is 2. The number of hydrogen-bond donors (Lipinski definition) is 2. The Bertz CT molecular complexity index is 900. The summed E-state index contributed by atoms with van der Waals surface area (Å²) in [6, 6.07) is 9.65. The van der Waals surface area contributed by atoms with E-state index in [0.29, 0.717) is 0 Å². The van der Waals surface area contributed by atoms with E-state index >= 15 is 0 Å². The SMILES string of the molecule is O=C(O)C(Br)c1cccc(OC(F)(F)F)c1.O=C(O)Cc1cccc(OC(F)(F)F)c1. The predicted molar refractivity (Wildman–Crippen MR) is 96.9 cm³/mol. The van der Waals surface area contributed by atoms with Crippen LogP contribution in [0.2, 0.25) is 0 Å². The van der Waals surface area contributed by atoms with E-state index in [-0.39, 0.29) is 17.5 Å². The normalized spacial score (nSPS) is 12.2. The average Bonchev–Trinajstić information content (AvgIpc) is 2.58. The van der Waals surface area contributed by atoms with Crippen LogP contribution in [0, 0.1) is 0 Å². The van der Waals surface area contributed by atoms with E-state index in [1.165, 1.54) is 24.3 Å². The molecular weight excluding hydrogens is 506 g/mol. The maximum absolute atomic E-state index is 11.9. The molecule has 2 N–H and O–H groups in total. The molecule has 1 unspecified atom stereocenters. The number of ether oxygens (including phenoxy) is 2. The molecule has 0 saturated carbocycles. The fourth-order valence-electron chi connectivity index (χ4n) is 2.04. The van der Waals surface area contributed by atoms with Gasteiger partial charge in [0.1, 0.15) is 16.3 Å². The zero-order chi connectivity index (χ0) is 23.8. The molecular formula is C18H13BrF6O6. The number of rotatable bonds is 6. The fourth-order valence-corrected chi connectivity index (χ4v) is 2.32. The highest BCUT2D eigenvalue weighted by atomic mass is 79.9. The number of alkyl halides is 7. The second kappa shape index (κ2) is 10.9. The predicted octanol–water partition coefficient (Wildman–Crippen LogP) is 5.32. The standard InChI is InChI=1S/C9H6BrF3O3.C9H7F3O3/c10-7(8(14)15)5-2-1-3-6(4-5)16-9(11,12)13;10-9(11,12)15-7-3-1-2-6(4-7)5-8(13)14/h1-4,7H,(H,14,15);1-4H,5H2,(H,13,14). The molecule has 2 aromatic rings. The lowest BCUT2D eigenvalue weighted by Gasteiger charge is -2.11. The third-order valence-electron chi connectivity index (χ3n) is 3.09. The molecule has 0 aliphatic rings. The van der Waals surface area contributed by atoms with Gasteiger partial charge < -0.3 is 19.7 Å². The van der Waals surface area contributed by atoms with E-state index in [2.05, 4.69) is 25.4 Å². The van der Waals surface area contributed by atoms with Crippen molar-refractivity contribution in [2.24, 2.45) is 0 Å². The van der Waals surface area contributed by atoms with Crippen LogP contribution in [0.5, 0.6) is 11.5 Å². The highest BCUT2D eigenvalue weighted by Gasteiger charge is 2.32. The number of aliphatic carboxylic acids is 2. The Morgan fingerprint density at radius 2 is 1.35 bits per heavy atom. The molecule has 0 aliphatic carbocycles. The summed E-state index contributed by atoms with van der Waals surface area (Å²) in [6.07, 6.45) is -9.89. The fraction of sp³-hybridized carbons (Fsp3) is 0.222. The topological polar surface area (TPSA) is 93.1 Å². The molecule has 0 fully saturated rings. The first-order chi connectivity index (χ1) is 14.2. The molecule has 6 nitrogen and oxygen atoms in total. The van der Waals surface area contributed by atoms with Gasteiger partial charge in [-0.3, -0.25) is 9.59 Å². The summed E-state index contributed by atoms with van der Waals surface area (Å²) in [5.41, 5.74) is 0.429. The summed E-state index contributed by atoms with van der Waals surface area (Å²) < 4.78 is 78.3. The van der Waals surface area contributed by atoms with Crippen LogP contribution in [-0.4, -0.2) is 34.9 Å². The smallest absolute Gasteiger partial charge is 0.481 e. The maximum Gasteiger partial charge on any atom is 0.573 e. The van der Waals surface area contributed by atoms with Crippen molar-refractivity contribution in [2.45, 2.75) is 24.0 Å².